The summed E-state index contributed by atoms with van der Waals surface area (Å²) in [6, 6.07) is 7.34. The molecule has 1 fully saturated rings. The Bertz CT molecular complexity index is 1570. The Hall–Kier alpha value is -4.04. The van der Waals surface area contributed by atoms with Gasteiger partial charge in [0, 0.05) is 42.9 Å². The summed E-state index contributed by atoms with van der Waals surface area (Å²) in [4.78, 5) is 26.6. The van der Waals surface area contributed by atoms with Crippen LogP contribution in [0.3, 0.4) is 0 Å². The number of aromatic amines is 1. The number of benzene rings is 1. The number of nitrogens with zero attached hydrogens (tertiary/aromatic N) is 5. The number of nitrogens with one attached hydrogen (secondary N) is 3. The number of sulfonamides is 1. The third kappa shape index (κ3) is 5.86. The summed E-state index contributed by atoms with van der Waals surface area (Å²) in [7, 11) is -3.53. The van der Waals surface area contributed by atoms with Crippen molar-refractivity contribution in [2.45, 2.75) is 18.9 Å². The zero-order valence-corrected chi connectivity index (χ0v) is 20.4. The summed E-state index contributed by atoms with van der Waals surface area (Å²) in [6.45, 7) is 0.440. The van der Waals surface area contributed by atoms with E-state index in [2.05, 4.69) is 35.2 Å². The number of H-pyrrole nitrogens is 1. The first-order valence-corrected chi connectivity index (χ1v) is 13.1. The number of alkyl halides is 2. The van der Waals surface area contributed by atoms with Gasteiger partial charge < -0.3 is 5.32 Å². The highest BCUT2D eigenvalue weighted by atomic mass is 32.2. The summed E-state index contributed by atoms with van der Waals surface area (Å²) in [5.74, 6) is -3.29. The molecule has 1 saturated heterocycles. The van der Waals surface area contributed by atoms with Gasteiger partial charge in [0.1, 0.15) is 0 Å². The molecule has 192 valence electrons. The van der Waals surface area contributed by atoms with E-state index in [0.717, 1.165) is 22.9 Å². The van der Waals surface area contributed by atoms with Crippen LogP contribution in [0.5, 0.6) is 0 Å². The molecule has 1 amide bonds. The van der Waals surface area contributed by atoms with E-state index in [1.54, 1.807) is 29.4 Å². The molecule has 11 nitrogen and oxygen atoms in total. The van der Waals surface area contributed by atoms with Gasteiger partial charge in [-0.3, -0.25) is 24.5 Å². The van der Waals surface area contributed by atoms with E-state index in [0.29, 0.717) is 24.0 Å². The molecule has 0 aliphatic carbocycles. The average molecular weight is 529 g/mol. The highest BCUT2D eigenvalue weighted by molar-refractivity contribution is 7.91. The summed E-state index contributed by atoms with van der Waals surface area (Å²) in [5, 5.41) is 10.2. The predicted octanol–water partition coefficient (Wildman–Crippen LogP) is 2.88. The topological polar surface area (TPSA) is 146 Å². The number of likely N-dealkylation sites (tertiary alicyclic amines) is 1. The number of amides is 1. The van der Waals surface area contributed by atoms with Crippen molar-refractivity contribution in [1.29, 1.82) is 0 Å². The molecular formula is C23H22F2N8O3S. The second-order valence-electron chi connectivity index (χ2n) is 8.85. The highest BCUT2D eigenvalue weighted by Crippen LogP contribution is 2.29. The first-order chi connectivity index (χ1) is 17.5. The van der Waals surface area contributed by atoms with Gasteiger partial charge in [-0.2, -0.15) is 5.10 Å². The van der Waals surface area contributed by atoms with E-state index in [1.807, 2.05) is 12.1 Å². The van der Waals surface area contributed by atoms with Gasteiger partial charge in [0.15, 0.2) is 5.69 Å². The van der Waals surface area contributed by atoms with Crippen LogP contribution in [-0.2, 0) is 16.6 Å². The monoisotopic (exact) mass is 528 g/mol. The molecule has 0 spiro atoms. The van der Waals surface area contributed by atoms with Gasteiger partial charge >= 0.3 is 0 Å². The highest BCUT2D eigenvalue weighted by Gasteiger charge is 2.37. The lowest BCUT2D eigenvalue weighted by atomic mass is 10.0. The van der Waals surface area contributed by atoms with Crippen molar-refractivity contribution in [3.8, 4) is 11.1 Å². The van der Waals surface area contributed by atoms with Gasteiger partial charge in [-0.15, -0.1) is 0 Å². The fourth-order valence-electron chi connectivity index (χ4n) is 4.10. The predicted molar refractivity (Wildman–Crippen MR) is 133 cm³/mol. The minimum absolute atomic E-state index is 0.121. The van der Waals surface area contributed by atoms with Crippen molar-refractivity contribution >= 4 is 38.5 Å². The maximum atomic E-state index is 13.5. The van der Waals surface area contributed by atoms with Gasteiger partial charge in [0.25, 0.3) is 11.8 Å². The number of pyridine rings is 1. The number of hydrogen-bond acceptors (Lipinski definition) is 8. The zero-order chi connectivity index (χ0) is 26.2. The lowest BCUT2D eigenvalue weighted by molar-refractivity contribution is 0.0115. The molecule has 3 N–H and O–H groups in total. The van der Waals surface area contributed by atoms with E-state index in [9.17, 15) is 22.0 Å². The second kappa shape index (κ2) is 9.44. The van der Waals surface area contributed by atoms with Gasteiger partial charge in [-0.1, -0.05) is 6.07 Å². The quantitative estimate of drug-likeness (QED) is 0.332. The summed E-state index contributed by atoms with van der Waals surface area (Å²) in [6.07, 6.45) is 6.71. The molecular weight excluding hydrogens is 506 g/mol. The second-order valence-corrected chi connectivity index (χ2v) is 10.6. The molecule has 37 heavy (non-hydrogen) atoms. The Balaban J connectivity index is 1.34. The van der Waals surface area contributed by atoms with Crippen molar-refractivity contribution in [2.75, 3.05) is 29.4 Å². The lowest BCUT2D eigenvalue weighted by Gasteiger charge is -2.15. The van der Waals surface area contributed by atoms with Crippen molar-refractivity contribution in [3.05, 3.63) is 60.3 Å². The molecule has 4 aromatic rings. The van der Waals surface area contributed by atoms with Crippen LogP contribution in [0.2, 0.25) is 0 Å². The summed E-state index contributed by atoms with van der Waals surface area (Å²) in [5.41, 5.74) is 3.40. The van der Waals surface area contributed by atoms with Crippen LogP contribution in [0, 0.1) is 0 Å². The molecule has 0 bridgehead atoms. The maximum Gasteiger partial charge on any atom is 0.276 e. The molecule has 1 aliphatic rings. The summed E-state index contributed by atoms with van der Waals surface area (Å²) >= 11 is 0. The molecule has 14 heteroatoms. The first kappa shape index (κ1) is 24.6. The Morgan fingerprint density at radius 2 is 1.92 bits per heavy atom. The minimum atomic E-state index is -3.53. The van der Waals surface area contributed by atoms with Crippen molar-refractivity contribution in [3.63, 3.8) is 0 Å². The molecule has 4 heterocycles. The van der Waals surface area contributed by atoms with Gasteiger partial charge in [-0.25, -0.2) is 27.2 Å². The van der Waals surface area contributed by atoms with E-state index in [-0.39, 0.29) is 30.3 Å². The van der Waals surface area contributed by atoms with Crippen LogP contribution in [0.15, 0.2) is 49.1 Å². The van der Waals surface area contributed by atoms with E-state index in [1.165, 1.54) is 12.4 Å². The fraction of sp³-hybridized carbons (Fsp3) is 0.261. The van der Waals surface area contributed by atoms with Crippen LogP contribution in [0.25, 0.3) is 22.0 Å². The number of anilines is 2. The number of carbonyl (C=O) groups is 1. The molecule has 0 atom stereocenters. The third-order valence-electron chi connectivity index (χ3n) is 5.75. The van der Waals surface area contributed by atoms with Crippen molar-refractivity contribution in [1.82, 2.24) is 30.0 Å². The number of halogens is 2. The number of rotatable bonds is 7. The van der Waals surface area contributed by atoms with Crippen molar-refractivity contribution < 1.29 is 22.0 Å². The van der Waals surface area contributed by atoms with Crippen LogP contribution in [0.1, 0.15) is 22.5 Å². The standard InChI is InChI=1S/C23H22F2N8O3S/c1-37(35,36)32-22-27-10-17(11-28-22)29-21(34)20-18-7-15(2-3-19(18)30-31-20)16-6-14(8-26-9-16)12-33-5-4-23(24,25)13-33/h2-3,6-11H,4-5,12-13H2,1H3,(H,29,34)(H,30,31)(H,27,28,32). The summed E-state index contributed by atoms with van der Waals surface area (Å²) < 4.78 is 51.8. The van der Waals surface area contributed by atoms with Gasteiger partial charge in [0.2, 0.25) is 16.0 Å². The SMILES string of the molecule is CS(=O)(=O)Nc1ncc(NC(=O)c2n[nH]c3ccc(-c4cncc(CN5CCC(F)(F)C5)c4)cc23)cn1. The normalized spacial score (nSPS) is 15.6. The smallest absolute Gasteiger partial charge is 0.276 e. The Morgan fingerprint density at radius 3 is 2.62 bits per heavy atom. The fourth-order valence-corrected chi connectivity index (χ4v) is 4.54. The Morgan fingerprint density at radius 1 is 1.14 bits per heavy atom. The molecule has 0 unspecified atom stereocenters. The lowest BCUT2D eigenvalue weighted by Crippen LogP contribution is -2.24. The van der Waals surface area contributed by atoms with Crippen LogP contribution >= 0.6 is 0 Å². The van der Waals surface area contributed by atoms with E-state index in [4.69, 9.17) is 0 Å². The van der Waals surface area contributed by atoms with Crippen LogP contribution in [-0.4, -0.2) is 69.6 Å². The zero-order valence-electron chi connectivity index (χ0n) is 19.6. The minimum Gasteiger partial charge on any atom is -0.318 e. The molecule has 1 aliphatic heterocycles. The number of hydrogen-bond donors (Lipinski definition) is 3. The molecule has 1 aromatic carbocycles. The average Bonchev–Trinajstić information content (AvgIpc) is 3.41. The van der Waals surface area contributed by atoms with Crippen LogP contribution < -0.4 is 10.0 Å². The number of fused-ring (bicyclic) bond motifs is 1. The number of aromatic nitrogens is 5. The first-order valence-electron chi connectivity index (χ1n) is 11.2. The third-order valence-corrected chi connectivity index (χ3v) is 6.30. The number of carbonyl (C=O) groups excluding carboxylic acids is 1. The molecule has 3 aromatic heterocycles. The van der Waals surface area contributed by atoms with Gasteiger partial charge in [0.05, 0.1) is 36.4 Å². The Labute approximate surface area is 210 Å². The Kier molecular flexibility index (Phi) is 6.29. The largest absolute Gasteiger partial charge is 0.318 e. The maximum absolute atomic E-state index is 13.5. The molecule has 0 radical (unpaired) electrons. The van der Waals surface area contributed by atoms with Crippen LogP contribution in [0.4, 0.5) is 20.4 Å². The van der Waals surface area contributed by atoms with E-state index >= 15 is 0 Å². The van der Waals surface area contributed by atoms with Crippen molar-refractivity contribution in [2.24, 2.45) is 0 Å². The molecule has 5 rings (SSSR count). The molecule has 0 saturated carbocycles. The van der Waals surface area contributed by atoms with E-state index < -0.39 is 21.9 Å². The van der Waals surface area contributed by atoms with Gasteiger partial charge in [-0.05, 0) is 29.3 Å².